The van der Waals surface area contributed by atoms with Crippen LogP contribution in [0.15, 0.2) is 36.4 Å². The molecule has 8 nitrogen and oxygen atoms in total. The maximum Gasteiger partial charge on any atom is 0.471 e. The van der Waals surface area contributed by atoms with Gasteiger partial charge < -0.3 is 20.9 Å². The van der Waals surface area contributed by atoms with Crippen molar-refractivity contribution in [3.8, 4) is 0 Å². The summed E-state index contributed by atoms with van der Waals surface area (Å²) < 4.78 is 53.5. The van der Waals surface area contributed by atoms with Crippen LogP contribution in [0.1, 0.15) is 44.2 Å². The number of amides is 3. The Morgan fingerprint density at radius 1 is 1.07 bits per heavy atom. The first-order chi connectivity index (χ1) is 21.0. The van der Waals surface area contributed by atoms with Crippen LogP contribution in [0.2, 0.25) is 10.0 Å². The SMILES string of the molecule is CC(C)(C)C[C@H]1N[C@@H](C(=O)NCCN2CCN(C(=O)C(F)(F)F)CC2)[C@H](c2cccc(Cl)c2)[C@@]12C(=O)Nc1cc(Cl)c(F)cc12. The van der Waals surface area contributed by atoms with Crippen LogP contribution in [-0.4, -0.2) is 85.0 Å². The summed E-state index contributed by atoms with van der Waals surface area (Å²) in [7, 11) is 0. The first-order valence-electron chi connectivity index (χ1n) is 14.7. The van der Waals surface area contributed by atoms with E-state index in [1.807, 2.05) is 25.7 Å². The summed E-state index contributed by atoms with van der Waals surface area (Å²) in [5.74, 6) is -4.10. The molecule has 3 aliphatic rings. The first-order valence-corrected chi connectivity index (χ1v) is 15.5. The Hall–Kier alpha value is -2.93. The van der Waals surface area contributed by atoms with Crippen LogP contribution >= 0.6 is 23.2 Å². The van der Waals surface area contributed by atoms with Gasteiger partial charge >= 0.3 is 12.1 Å². The molecule has 244 valence electrons. The Bertz CT molecular complexity index is 1490. The average Bonchev–Trinajstić information content (AvgIpc) is 3.42. The highest BCUT2D eigenvalue weighted by atomic mass is 35.5. The summed E-state index contributed by atoms with van der Waals surface area (Å²) in [5, 5.41) is 9.53. The van der Waals surface area contributed by atoms with Gasteiger partial charge in [0.25, 0.3) is 0 Å². The van der Waals surface area contributed by atoms with E-state index in [2.05, 4.69) is 16.0 Å². The van der Waals surface area contributed by atoms with Crippen LogP contribution in [0, 0.1) is 11.2 Å². The number of piperazine rings is 1. The third-order valence-corrected chi connectivity index (χ3v) is 9.35. The quantitative estimate of drug-likeness (QED) is 0.387. The second-order valence-corrected chi connectivity index (χ2v) is 13.9. The van der Waals surface area contributed by atoms with Crippen molar-refractivity contribution < 1.29 is 31.9 Å². The second kappa shape index (κ2) is 12.4. The molecule has 2 aromatic carbocycles. The Balaban J connectivity index is 1.43. The molecule has 4 atom stereocenters. The minimum atomic E-state index is -4.92. The maximum atomic E-state index is 15.0. The fourth-order valence-corrected chi connectivity index (χ4v) is 7.30. The van der Waals surface area contributed by atoms with Crippen LogP contribution in [0.5, 0.6) is 0 Å². The highest BCUT2D eigenvalue weighted by Gasteiger charge is 2.66. The van der Waals surface area contributed by atoms with E-state index < -0.39 is 47.2 Å². The number of halogens is 6. The van der Waals surface area contributed by atoms with E-state index in [4.69, 9.17) is 23.2 Å². The number of fused-ring (bicyclic) bond motifs is 2. The molecule has 2 aromatic rings. The number of nitrogens with zero attached hydrogens (tertiary/aromatic N) is 2. The summed E-state index contributed by atoms with van der Waals surface area (Å²) in [6.07, 6.45) is -4.45. The number of alkyl halides is 3. The van der Waals surface area contributed by atoms with Gasteiger partial charge in [-0.05, 0) is 47.2 Å². The van der Waals surface area contributed by atoms with E-state index in [-0.39, 0.29) is 49.1 Å². The van der Waals surface area contributed by atoms with E-state index in [9.17, 15) is 27.6 Å². The fourth-order valence-electron chi connectivity index (χ4n) is 6.94. The molecule has 0 aliphatic carbocycles. The minimum absolute atomic E-state index is 0.0700. The van der Waals surface area contributed by atoms with Crippen molar-refractivity contribution in [1.82, 2.24) is 20.4 Å². The Morgan fingerprint density at radius 3 is 2.38 bits per heavy atom. The van der Waals surface area contributed by atoms with Crippen molar-refractivity contribution in [3.63, 3.8) is 0 Å². The number of hydrogen-bond donors (Lipinski definition) is 3. The fraction of sp³-hybridized carbons (Fsp3) is 0.516. The van der Waals surface area contributed by atoms with Gasteiger partial charge in [-0.2, -0.15) is 13.2 Å². The number of anilines is 1. The van der Waals surface area contributed by atoms with Gasteiger partial charge in [-0.15, -0.1) is 0 Å². The number of carbonyl (C=O) groups excluding carboxylic acids is 3. The molecular weight excluding hydrogens is 637 g/mol. The molecule has 5 rings (SSSR count). The van der Waals surface area contributed by atoms with Gasteiger partial charge in [0.15, 0.2) is 0 Å². The molecule has 0 radical (unpaired) electrons. The molecule has 0 saturated carbocycles. The number of hydrogen-bond acceptors (Lipinski definition) is 5. The van der Waals surface area contributed by atoms with Gasteiger partial charge in [0.2, 0.25) is 11.8 Å². The van der Waals surface area contributed by atoms with Gasteiger partial charge in [0.1, 0.15) is 11.2 Å². The van der Waals surface area contributed by atoms with Crippen LogP contribution in [0.25, 0.3) is 0 Å². The Morgan fingerprint density at radius 2 is 1.76 bits per heavy atom. The minimum Gasteiger partial charge on any atom is -0.353 e. The zero-order chi connectivity index (χ0) is 32.9. The topological polar surface area (TPSA) is 93.8 Å². The molecule has 2 saturated heterocycles. The van der Waals surface area contributed by atoms with Crippen LogP contribution in [0.3, 0.4) is 0 Å². The number of benzene rings is 2. The van der Waals surface area contributed by atoms with Crippen molar-refractivity contribution in [2.45, 2.75) is 56.8 Å². The van der Waals surface area contributed by atoms with Crippen molar-refractivity contribution in [2.75, 3.05) is 44.6 Å². The second-order valence-electron chi connectivity index (χ2n) is 13.1. The van der Waals surface area contributed by atoms with Gasteiger partial charge in [-0.25, -0.2) is 4.39 Å². The van der Waals surface area contributed by atoms with Gasteiger partial charge in [0.05, 0.1) is 11.1 Å². The highest BCUT2D eigenvalue weighted by Crippen LogP contribution is 2.57. The zero-order valence-corrected chi connectivity index (χ0v) is 26.5. The summed E-state index contributed by atoms with van der Waals surface area (Å²) in [6, 6.07) is 8.06. The number of carbonyl (C=O) groups is 3. The molecular formula is C31H35Cl2F4N5O3. The molecule has 3 heterocycles. The van der Waals surface area contributed by atoms with Crippen molar-refractivity contribution >= 4 is 46.6 Å². The molecule has 0 bridgehead atoms. The van der Waals surface area contributed by atoms with E-state index >= 15 is 4.39 Å². The standard InChI is InChI=1S/C31H35Cl2F4N5O3/c1-29(2,3)16-23-30(19-14-21(34)20(33)15-22(19)39-27(30)44)24(17-5-4-6-18(32)13-17)25(40-23)26(43)38-7-8-41-9-11-42(12-10-41)28(45)31(35,36)37/h4-6,13-15,23-25,40H,7-12,16H2,1-3H3,(H,38,43)(H,39,44)/t23-,24+,25-,30+/m1/s1. The molecule has 0 aromatic heterocycles. The van der Waals surface area contributed by atoms with E-state index in [1.54, 1.807) is 24.3 Å². The van der Waals surface area contributed by atoms with E-state index in [0.717, 1.165) is 4.90 Å². The lowest BCUT2D eigenvalue weighted by molar-refractivity contribution is -0.187. The highest BCUT2D eigenvalue weighted by molar-refractivity contribution is 6.31. The first kappa shape index (κ1) is 33.4. The maximum absolute atomic E-state index is 15.0. The molecule has 45 heavy (non-hydrogen) atoms. The third-order valence-electron chi connectivity index (χ3n) is 8.82. The number of nitrogens with one attached hydrogen (secondary N) is 3. The average molecular weight is 673 g/mol. The summed E-state index contributed by atoms with van der Waals surface area (Å²) >= 11 is 12.5. The molecule has 1 spiro atoms. The van der Waals surface area contributed by atoms with Crippen molar-refractivity contribution in [2.24, 2.45) is 5.41 Å². The van der Waals surface area contributed by atoms with E-state index in [1.165, 1.54) is 12.1 Å². The van der Waals surface area contributed by atoms with Gasteiger partial charge in [-0.1, -0.05) is 56.1 Å². The third kappa shape index (κ3) is 6.52. The Labute approximate surface area is 268 Å². The molecule has 2 fully saturated rings. The lowest BCUT2D eigenvalue weighted by Crippen LogP contribution is -2.53. The molecule has 0 unspecified atom stereocenters. The van der Waals surface area contributed by atoms with E-state index in [0.29, 0.717) is 34.8 Å². The monoisotopic (exact) mass is 671 g/mol. The molecule has 3 N–H and O–H groups in total. The summed E-state index contributed by atoms with van der Waals surface area (Å²) in [6.45, 7) is 6.89. The molecule has 14 heteroatoms. The van der Waals surface area contributed by atoms with Crippen LogP contribution in [0.4, 0.5) is 23.2 Å². The van der Waals surface area contributed by atoms with Crippen LogP contribution < -0.4 is 16.0 Å². The van der Waals surface area contributed by atoms with Crippen LogP contribution in [-0.2, 0) is 19.8 Å². The van der Waals surface area contributed by atoms with Crippen molar-refractivity contribution in [3.05, 3.63) is 63.4 Å². The summed E-state index contributed by atoms with van der Waals surface area (Å²) in [5.41, 5.74) is -0.276. The predicted molar refractivity (Wildman–Crippen MR) is 163 cm³/mol. The Kier molecular flexibility index (Phi) is 9.18. The lowest BCUT2D eigenvalue weighted by atomic mass is 9.62. The normalized spacial score (nSPS) is 25.4. The summed E-state index contributed by atoms with van der Waals surface area (Å²) in [4.78, 5) is 42.4. The molecule has 3 aliphatic heterocycles. The van der Waals surface area contributed by atoms with Gasteiger partial charge in [0, 0.05) is 61.9 Å². The predicted octanol–water partition coefficient (Wildman–Crippen LogP) is 4.71. The van der Waals surface area contributed by atoms with Gasteiger partial charge in [-0.3, -0.25) is 19.3 Å². The molecule has 3 amide bonds. The lowest BCUT2D eigenvalue weighted by Gasteiger charge is -2.37. The largest absolute Gasteiger partial charge is 0.471 e. The smallest absolute Gasteiger partial charge is 0.353 e. The van der Waals surface area contributed by atoms with Crippen molar-refractivity contribution in [1.29, 1.82) is 0 Å². The number of rotatable bonds is 6. The zero-order valence-electron chi connectivity index (χ0n) is 25.0.